The van der Waals surface area contributed by atoms with Crippen LogP contribution in [0, 0.1) is 6.92 Å². The Bertz CT molecular complexity index is 1120. The Labute approximate surface area is 256 Å². The van der Waals surface area contributed by atoms with E-state index in [4.69, 9.17) is 9.47 Å². The number of unbranched alkanes of at least 4 members (excludes halogenated alkanes) is 11. The SMILES string of the molecule is CCCCCCCCCCCCCCOc1ccc(C(=O)Nc2ccc(C[n+]3ccsc3C)cc2)cc1OC.[Br-]. The van der Waals surface area contributed by atoms with E-state index in [1.54, 1.807) is 30.6 Å². The molecule has 0 saturated heterocycles. The van der Waals surface area contributed by atoms with Gasteiger partial charge in [0.1, 0.15) is 0 Å². The summed E-state index contributed by atoms with van der Waals surface area (Å²) >= 11 is 1.74. The highest BCUT2D eigenvalue weighted by molar-refractivity contribution is 7.09. The molecule has 0 atom stereocenters. The Balaban J connectivity index is 0.00000560. The van der Waals surface area contributed by atoms with E-state index < -0.39 is 0 Å². The average molecular weight is 632 g/mol. The number of halogens is 1. The largest absolute Gasteiger partial charge is 1.00 e. The molecular formula is C33H47BrN2O3S. The Morgan fingerprint density at radius 1 is 0.850 bits per heavy atom. The molecule has 220 valence electrons. The number of ether oxygens (including phenoxy) is 2. The molecule has 2 aromatic carbocycles. The molecule has 0 aliphatic carbocycles. The van der Waals surface area contributed by atoms with Crippen molar-refractivity contribution in [3.05, 3.63) is 70.2 Å². The third-order valence-corrected chi connectivity index (χ3v) is 7.96. The van der Waals surface area contributed by atoms with Gasteiger partial charge in [0.25, 0.3) is 5.91 Å². The van der Waals surface area contributed by atoms with E-state index in [2.05, 4.69) is 35.3 Å². The number of carbonyl (C=O) groups excluding carboxylic acids is 1. The second kappa shape index (κ2) is 19.7. The van der Waals surface area contributed by atoms with Gasteiger partial charge in [-0.05, 0) is 36.8 Å². The van der Waals surface area contributed by atoms with Crippen molar-refractivity contribution in [1.29, 1.82) is 0 Å². The van der Waals surface area contributed by atoms with Gasteiger partial charge in [0, 0.05) is 23.7 Å². The highest BCUT2D eigenvalue weighted by atomic mass is 79.9. The second-order valence-electron chi connectivity index (χ2n) is 10.3. The molecule has 3 aromatic rings. The third-order valence-electron chi connectivity index (χ3n) is 7.13. The Morgan fingerprint density at radius 2 is 1.48 bits per heavy atom. The van der Waals surface area contributed by atoms with Gasteiger partial charge in [-0.25, -0.2) is 0 Å². The summed E-state index contributed by atoms with van der Waals surface area (Å²) in [7, 11) is 1.61. The summed E-state index contributed by atoms with van der Waals surface area (Å²) in [6, 6.07) is 13.4. The molecular weight excluding hydrogens is 584 g/mol. The van der Waals surface area contributed by atoms with Crippen LogP contribution in [0.2, 0.25) is 0 Å². The lowest BCUT2D eigenvalue weighted by atomic mass is 10.1. The molecule has 3 rings (SSSR count). The minimum atomic E-state index is -0.170. The summed E-state index contributed by atoms with van der Waals surface area (Å²) in [6.45, 7) is 5.87. The van der Waals surface area contributed by atoms with Gasteiger partial charge in [-0.2, -0.15) is 4.57 Å². The van der Waals surface area contributed by atoms with Crippen LogP contribution in [0.1, 0.15) is 105 Å². The van der Waals surface area contributed by atoms with E-state index in [-0.39, 0.29) is 22.9 Å². The first kappa shape index (κ1) is 33.8. The van der Waals surface area contributed by atoms with Crippen molar-refractivity contribution in [2.75, 3.05) is 19.0 Å². The number of thiazole rings is 1. The lowest BCUT2D eigenvalue weighted by Crippen LogP contribution is -3.00. The van der Waals surface area contributed by atoms with Gasteiger partial charge >= 0.3 is 0 Å². The number of aromatic nitrogens is 1. The van der Waals surface area contributed by atoms with Crippen LogP contribution >= 0.6 is 11.3 Å². The zero-order valence-corrected chi connectivity index (χ0v) is 27.0. The second-order valence-corrected chi connectivity index (χ2v) is 11.4. The summed E-state index contributed by atoms with van der Waals surface area (Å²) in [4.78, 5) is 12.9. The highest BCUT2D eigenvalue weighted by Gasteiger charge is 2.13. The minimum Gasteiger partial charge on any atom is -1.00 e. The van der Waals surface area contributed by atoms with Crippen molar-refractivity contribution in [2.45, 2.75) is 97.4 Å². The molecule has 0 fully saturated rings. The molecule has 40 heavy (non-hydrogen) atoms. The summed E-state index contributed by atoms with van der Waals surface area (Å²) < 4.78 is 13.7. The number of nitrogens with zero attached hydrogens (tertiary/aromatic N) is 1. The van der Waals surface area contributed by atoms with Crippen LogP contribution in [0.25, 0.3) is 0 Å². The molecule has 1 amide bonds. The predicted octanol–water partition coefficient (Wildman–Crippen LogP) is 5.74. The molecule has 0 saturated carbocycles. The molecule has 0 aliphatic heterocycles. The first-order valence-corrected chi connectivity index (χ1v) is 15.6. The van der Waals surface area contributed by atoms with Gasteiger partial charge in [-0.15, -0.1) is 0 Å². The molecule has 1 heterocycles. The number of rotatable bonds is 19. The van der Waals surface area contributed by atoms with Crippen molar-refractivity contribution in [3.63, 3.8) is 0 Å². The van der Waals surface area contributed by atoms with Gasteiger partial charge < -0.3 is 31.8 Å². The summed E-state index contributed by atoms with van der Waals surface area (Å²) in [5, 5.41) is 6.34. The van der Waals surface area contributed by atoms with E-state index in [1.165, 1.54) is 81.2 Å². The lowest BCUT2D eigenvalue weighted by Gasteiger charge is -2.12. The molecule has 7 heteroatoms. The summed E-state index contributed by atoms with van der Waals surface area (Å²) in [5.74, 6) is 1.10. The minimum absolute atomic E-state index is 0. The van der Waals surface area contributed by atoms with Gasteiger partial charge in [-0.3, -0.25) is 4.79 Å². The fourth-order valence-corrected chi connectivity index (χ4v) is 5.35. The van der Waals surface area contributed by atoms with Crippen molar-refractivity contribution >= 4 is 22.9 Å². The quantitative estimate of drug-likeness (QED) is 0.136. The molecule has 0 aliphatic rings. The smallest absolute Gasteiger partial charge is 0.255 e. The molecule has 0 unspecified atom stereocenters. The third kappa shape index (κ3) is 12.0. The van der Waals surface area contributed by atoms with E-state index in [0.717, 1.165) is 18.7 Å². The normalized spacial score (nSPS) is 10.7. The molecule has 0 spiro atoms. The number of nitrogens with one attached hydrogen (secondary N) is 1. The van der Waals surface area contributed by atoms with E-state index in [1.807, 2.05) is 30.3 Å². The maximum atomic E-state index is 12.9. The van der Waals surface area contributed by atoms with E-state index in [0.29, 0.717) is 23.7 Å². The van der Waals surface area contributed by atoms with Gasteiger partial charge in [0.15, 0.2) is 24.2 Å². The van der Waals surface area contributed by atoms with Gasteiger partial charge in [0.05, 0.1) is 19.1 Å². The highest BCUT2D eigenvalue weighted by Crippen LogP contribution is 2.29. The number of hydrogen-bond donors (Lipinski definition) is 1. The molecule has 1 N–H and O–H groups in total. The number of aryl methyl sites for hydroxylation is 1. The van der Waals surface area contributed by atoms with Crippen LogP contribution < -0.4 is 36.3 Å². The van der Waals surface area contributed by atoms with Crippen molar-refractivity contribution in [3.8, 4) is 11.5 Å². The van der Waals surface area contributed by atoms with Crippen LogP contribution in [-0.4, -0.2) is 19.6 Å². The number of benzene rings is 2. The van der Waals surface area contributed by atoms with Gasteiger partial charge in [-0.1, -0.05) is 101 Å². The molecule has 5 nitrogen and oxygen atoms in total. The topological polar surface area (TPSA) is 51.4 Å². The first-order valence-electron chi connectivity index (χ1n) is 14.8. The predicted molar refractivity (Wildman–Crippen MR) is 162 cm³/mol. The number of anilines is 1. The molecule has 1 aromatic heterocycles. The monoisotopic (exact) mass is 630 g/mol. The zero-order chi connectivity index (χ0) is 27.7. The Hall–Kier alpha value is -2.38. The average Bonchev–Trinajstić information content (AvgIpc) is 3.36. The van der Waals surface area contributed by atoms with Crippen LogP contribution in [-0.2, 0) is 6.54 Å². The number of methoxy groups -OCH3 is 1. The fourth-order valence-electron chi connectivity index (χ4n) is 4.69. The number of carbonyl (C=O) groups is 1. The van der Waals surface area contributed by atoms with Crippen molar-refractivity contribution in [1.82, 2.24) is 0 Å². The van der Waals surface area contributed by atoms with Gasteiger partial charge in [0.2, 0.25) is 5.01 Å². The lowest BCUT2D eigenvalue weighted by molar-refractivity contribution is -0.689. The van der Waals surface area contributed by atoms with Crippen LogP contribution in [0.4, 0.5) is 5.69 Å². The fraction of sp³-hybridized carbons (Fsp3) is 0.515. The zero-order valence-electron chi connectivity index (χ0n) is 24.6. The Kier molecular flexibility index (Phi) is 16.6. The van der Waals surface area contributed by atoms with Crippen molar-refractivity contribution < 1.29 is 35.8 Å². The number of hydrogen-bond acceptors (Lipinski definition) is 4. The first-order chi connectivity index (χ1) is 19.1. The van der Waals surface area contributed by atoms with E-state index in [9.17, 15) is 4.79 Å². The summed E-state index contributed by atoms with van der Waals surface area (Å²) in [5.41, 5.74) is 2.50. The van der Waals surface area contributed by atoms with E-state index >= 15 is 0 Å². The van der Waals surface area contributed by atoms with Crippen LogP contribution in [0.5, 0.6) is 11.5 Å². The molecule has 0 radical (unpaired) electrons. The Morgan fingerprint density at radius 3 is 2.05 bits per heavy atom. The molecule has 0 bridgehead atoms. The van der Waals surface area contributed by atoms with Crippen molar-refractivity contribution in [2.24, 2.45) is 0 Å². The maximum Gasteiger partial charge on any atom is 0.255 e. The summed E-state index contributed by atoms with van der Waals surface area (Å²) in [6.07, 6.45) is 17.9. The maximum absolute atomic E-state index is 12.9. The van der Waals surface area contributed by atoms with Crippen LogP contribution in [0.15, 0.2) is 54.0 Å². The number of amides is 1. The van der Waals surface area contributed by atoms with Crippen LogP contribution in [0.3, 0.4) is 0 Å². The standard InChI is InChI=1S/C33H46N2O3S.BrH/c1-4-5-6-7-8-9-10-11-12-13-14-15-23-38-31-21-18-29(25-32(31)37-3)33(36)34-30-19-16-28(17-20-30)26-35-22-24-39-27(35)2;/h16-22,24-25H,4-15,23,26H2,1-3H3;1H.